The number of nitrogens with one attached hydrogen (secondary N) is 1. The predicted molar refractivity (Wildman–Crippen MR) is 144 cm³/mol. The highest BCUT2D eigenvalue weighted by Crippen LogP contribution is 2.19. The van der Waals surface area contributed by atoms with Crippen LogP contribution in [-0.2, 0) is 36.9 Å². The van der Waals surface area contributed by atoms with Crippen molar-refractivity contribution in [2.75, 3.05) is 6.61 Å². The Bertz CT molecular complexity index is 1030. The van der Waals surface area contributed by atoms with E-state index < -0.39 is 36.2 Å². The molecule has 2 aromatic rings. The van der Waals surface area contributed by atoms with Crippen molar-refractivity contribution in [2.45, 2.75) is 65.5 Å². The number of ether oxygens (including phenoxy) is 2. The van der Waals surface area contributed by atoms with Crippen LogP contribution in [-0.4, -0.2) is 54.0 Å². The largest absolute Gasteiger partial charge is 0.445 e. The number of primary amides is 1. The number of amides is 3. The van der Waals surface area contributed by atoms with E-state index in [1.54, 1.807) is 0 Å². The maximum absolute atomic E-state index is 14.0. The van der Waals surface area contributed by atoms with Crippen molar-refractivity contribution in [2.24, 2.45) is 17.6 Å². The summed E-state index contributed by atoms with van der Waals surface area (Å²) in [6.07, 6.45) is -1.31. The first-order valence-electron chi connectivity index (χ1n) is 12.8. The van der Waals surface area contributed by atoms with E-state index in [2.05, 4.69) is 5.32 Å². The Morgan fingerprint density at radius 1 is 0.921 bits per heavy atom. The molecule has 9 heteroatoms. The first-order chi connectivity index (χ1) is 18.1. The average Bonchev–Trinajstić information content (AvgIpc) is 2.88. The van der Waals surface area contributed by atoms with Crippen molar-refractivity contribution in [3.05, 3.63) is 71.8 Å². The molecule has 38 heavy (non-hydrogen) atoms. The molecular weight excluding hydrogens is 486 g/mol. The second kappa shape index (κ2) is 15.5. The minimum atomic E-state index is -1.49. The van der Waals surface area contributed by atoms with Gasteiger partial charge in [-0.25, -0.2) is 4.79 Å². The minimum Gasteiger partial charge on any atom is -0.445 e. The van der Waals surface area contributed by atoms with Crippen LogP contribution in [0.25, 0.3) is 0 Å². The molecule has 0 spiro atoms. The van der Waals surface area contributed by atoms with Gasteiger partial charge in [-0.1, -0.05) is 88.4 Å². The molecule has 0 heterocycles. The standard InChI is InChI=1S/C29H39N3O6/c1-20(2)15-24(17-33)32(28(26(30)34)37-18-21(3)4)27(35)25(16-22-11-7-5-8-12-22)31-29(36)38-19-23-13-9-6-10-14-23/h5-14,17,20-21,24-25,28H,15-16,18-19H2,1-4H3,(H2,30,34)(H,31,36)/t24-,25-,28?/m0/s1. The van der Waals surface area contributed by atoms with E-state index in [1.807, 2.05) is 88.4 Å². The van der Waals surface area contributed by atoms with E-state index >= 15 is 0 Å². The Labute approximate surface area is 224 Å². The van der Waals surface area contributed by atoms with Gasteiger partial charge in [0, 0.05) is 6.42 Å². The molecule has 0 fully saturated rings. The molecule has 2 aromatic carbocycles. The van der Waals surface area contributed by atoms with Crippen LogP contribution in [0.1, 0.15) is 45.2 Å². The van der Waals surface area contributed by atoms with Crippen LogP contribution >= 0.6 is 0 Å². The maximum atomic E-state index is 14.0. The molecule has 0 aliphatic carbocycles. The number of carbonyl (C=O) groups is 4. The van der Waals surface area contributed by atoms with Crippen molar-refractivity contribution in [1.29, 1.82) is 0 Å². The first-order valence-corrected chi connectivity index (χ1v) is 12.8. The van der Waals surface area contributed by atoms with Gasteiger partial charge < -0.3 is 25.3 Å². The Morgan fingerprint density at radius 2 is 1.50 bits per heavy atom. The molecule has 3 atom stereocenters. The molecule has 0 aliphatic rings. The van der Waals surface area contributed by atoms with Crippen LogP contribution in [0.2, 0.25) is 0 Å². The Balaban J connectivity index is 2.39. The fourth-order valence-corrected chi connectivity index (χ4v) is 3.89. The predicted octanol–water partition coefficient (Wildman–Crippen LogP) is 3.45. The van der Waals surface area contributed by atoms with Crippen LogP contribution in [0.3, 0.4) is 0 Å². The van der Waals surface area contributed by atoms with Gasteiger partial charge in [-0.15, -0.1) is 0 Å². The molecule has 0 bridgehead atoms. The van der Waals surface area contributed by atoms with Crippen LogP contribution in [0, 0.1) is 11.8 Å². The number of rotatable bonds is 15. The van der Waals surface area contributed by atoms with Gasteiger partial charge >= 0.3 is 6.09 Å². The summed E-state index contributed by atoms with van der Waals surface area (Å²) in [7, 11) is 0. The Morgan fingerprint density at radius 3 is 2.00 bits per heavy atom. The number of nitrogens with zero attached hydrogens (tertiary/aromatic N) is 1. The lowest BCUT2D eigenvalue weighted by Crippen LogP contribution is -2.60. The van der Waals surface area contributed by atoms with Crippen LogP contribution < -0.4 is 11.1 Å². The zero-order chi connectivity index (χ0) is 28.1. The molecule has 0 aromatic heterocycles. The molecule has 9 nitrogen and oxygen atoms in total. The number of aldehydes is 1. The number of hydrogen-bond acceptors (Lipinski definition) is 6. The van der Waals surface area contributed by atoms with Crippen LogP contribution in [0.5, 0.6) is 0 Å². The lowest BCUT2D eigenvalue weighted by molar-refractivity contribution is -0.166. The van der Waals surface area contributed by atoms with E-state index in [-0.39, 0.29) is 37.9 Å². The lowest BCUT2D eigenvalue weighted by Gasteiger charge is -2.37. The molecule has 0 saturated heterocycles. The third-order valence-electron chi connectivity index (χ3n) is 5.65. The van der Waals surface area contributed by atoms with E-state index in [4.69, 9.17) is 15.2 Å². The summed E-state index contributed by atoms with van der Waals surface area (Å²) in [5, 5.41) is 2.63. The molecule has 206 valence electrons. The van der Waals surface area contributed by atoms with Crippen LogP contribution in [0.15, 0.2) is 60.7 Å². The molecular formula is C29H39N3O6. The van der Waals surface area contributed by atoms with E-state index in [9.17, 15) is 19.2 Å². The summed E-state index contributed by atoms with van der Waals surface area (Å²) in [5.41, 5.74) is 7.21. The molecule has 3 amide bonds. The third-order valence-corrected chi connectivity index (χ3v) is 5.65. The number of hydrogen-bond donors (Lipinski definition) is 2. The smallest absolute Gasteiger partial charge is 0.408 e. The monoisotopic (exact) mass is 525 g/mol. The van der Waals surface area contributed by atoms with Gasteiger partial charge in [-0.05, 0) is 29.4 Å². The summed E-state index contributed by atoms with van der Waals surface area (Å²) < 4.78 is 11.1. The van der Waals surface area contributed by atoms with Crippen molar-refractivity contribution in [3.63, 3.8) is 0 Å². The highest BCUT2D eigenvalue weighted by Gasteiger charge is 2.39. The molecule has 2 rings (SSSR count). The molecule has 0 aliphatic heterocycles. The highest BCUT2D eigenvalue weighted by atomic mass is 16.5. The maximum Gasteiger partial charge on any atom is 0.408 e. The van der Waals surface area contributed by atoms with Gasteiger partial charge in [0.1, 0.15) is 18.9 Å². The molecule has 0 radical (unpaired) electrons. The second-order valence-electron chi connectivity index (χ2n) is 10.0. The first kappa shape index (κ1) is 30.5. The lowest BCUT2D eigenvalue weighted by atomic mass is 10.00. The van der Waals surface area contributed by atoms with E-state index in [0.717, 1.165) is 16.0 Å². The summed E-state index contributed by atoms with van der Waals surface area (Å²) in [6.45, 7) is 7.72. The Kier molecular flexibility index (Phi) is 12.5. The summed E-state index contributed by atoms with van der Waals surface area (Å²) in [5.74, 6) is -1.51. The summed E-state index contributed by atoms with van der Waals surface area (Å²) in [4.78, 5) is 52.6. The van der Waals surface area contributed by atoms with Gasteiger partial charge in [0.25, 0.3) is 5.91 Å². The Hall–Kier alpha value is -3.72. The van der Waals surface area contributed by atoms with Crippen molar-refractivity contribution in [1.82, 2.24) is 10.2 Å². The zero-order valence-electron chi connectivity index (χ0n) is 22.5. The van der Waals surface area contributed by atoms with Gasteiger partial charge in [-0.3, -0.25) is 14.5 Å². The van der Waals surface area contributed by atoms with Crippen LogP contribution in [0.4, 0.5) is 4.79 Å². The summed E-state index contributed by atoms with van der Waals surface area (Å²) >= 11 is 0. The van der Waals surface area contributed by atoms with E-state index in [1.165, 1.54) is 0 Å². The quantitative estimate of drug-likeness (QED) is 0.271. The normalized spacial score (nSPS) is 13.4. The van der Waals surface area contributed by atoms with Gasteiger partial charge in [0.05, 0.1) is 12.6 Å². The fourth-order valence-electron chi connectivity index (χ4n) is 3.89. The number of benzene rings is 2. The van der Waals surface area contributed by atoms with E-state index in [0.29, 0.717) is 6.29 Å². The minimum absolute atomic E-state index is 0.00829. The van der Waals surface area contributed by atoms with Crippen molar-refractivity contribution >= 4 is 24.2 Å². The fraction of sp³-hybridized carbons (Fsp3) is 0.448. The van der Waals surface area contributed by atoms with Gasteiger partial charge in [0.2, 0.25) is 12.1 Å². The van der Waals surface area contributed by atoms with Gasteiger partial charge in [-0.2, -0.15) is 0 Å². The summed E-state index contributed by atoms with van der Waals surface area (Å²) in [6, 6.07) is 16.1. The number of carbonyl (C=O) groups excluding carboxylic acids is 4. The second-order valence-corrected chi connectivity index (χ2v) is 10.0. The highest BCUT2D eigenvalue weighted by molar-refractivity contribution is 5.92. The molecule has 1 unspecified atom stereocenters. The van der Waals surface area contributed by atoms with Gasteiger partial charge in [0.15, 0.2) is 0 Å². The average molecular weight is 526 g/mol. The topological polar surface area (TPSA) is 128 Å². The number of nitrogens with two attached hydrogens (primary N) is 1. The SMILES string of the molecule is CC(C)COC(C(N)=O)N(C(=O)[C@H](Cc1ccccc1)NC(=O)OCc1ccccc1)[C@H](C=O)CC(C)C. The third kappa shape index (κ3) is 9.97. The van der Waals surface area contributed by atoms with Crippen molar-refractivity contribution in [3.8, 4) is 0 Å². The number of alkyl carbamates (subject to hydrolysis) is 1. The van der Waals surface area contributed by atoms with Crippen molar-refractivity contribution < 1.29 is 28.7 Å². The zero-order valence-corrected chi connectivity index (χ0v) is 22.5. The molecule has 0 saturated carbocycles. The molecule has 3 N–H and O–H groups in total.